The number of thioether (sulfide) groups is 1. The van der Waals surface area contributed by atoms with Crippen LogP contribution in [0.3, 0.4) is 0 Å². The topological polar surface area (TPSA) is 87.1 Å². The van der Waals surface area contributed by atoms with Gasteiger partial charge in [-0.2, -0.15) is 4.98 Å². The highest BCUT2D eigenvalue weighted by Crippen LogP contribution is 2.23. The molecule has 1 aromatic carbocycles. The van der Waals surface area contributed by atoms with Crippen LogP contribution in [0.5, 0.6) is 5.75 Å². The van der Waals surface area contributed by atoms with Gasteiger partial charge in [0.25, 0.3) is 11.1 Å². The fraction of sp³-hybridized carbons (Fsp3) is 0.444. The molecule has 26 heavy (non-hydrogen) atoms. The highest BCUT2D eigenvalue weighted by molar-refractivity contribution is 7.98. The normalized spacial score (nSPS) is 11.3. The Morgan fingerprint density at radius 3 is 2.81 bits per heavy atom. The highest BCUT2D eigenvalue weighted by atomic mass is 32.2. The molecule has 0 saturated heterocycles. The number of ether oxygens (including phenoxy) is 1. The van der Waals surface area contributed by atoms with Crippen molar-refractivity contribution in [1.29, 1.82) is 0 Å². The molecule has 0 amide bonds. The maximum atomic E-state index is 5.77. The van der Waals surface area contributed by atoms with Gasteiger partial charge in [-0.25, -0.2) is 0 Å². The van der Waals surface area contributed by atoms with E-state index in [0.29, 0.717) is 28.7 Å². The Morgan fingerprint density at radius 2 is 2.00 bits per heavy atom. The quantitative estimate of drug-likeness (QED) is 0.544. The number of hydrogen-bond acceptors (Lipinski definition) is 8. The van der Waals surface area contributed by atoms with Gasteiger partial charge in [-0.15, -0.1) is 10.2 Å². The van der Waals surface area contributed by atoms with Crippen molar-refractivity contribution in [2.75, 3.05) is 0 Å². The third-order valence-corrected chi connectivity index (χ3v) is 4.37. The van der Waals surface area contributed by atoms with E-state index in [4.69, 9.17) is 13.7 Å². The molecule has 2 heterocycles. The fourth-order valence-corrected chi connectivity index (χ4v) is 2.90. The summed E-state index contributed by atoms with van der Waals surface area (Å²) in [6.07, 6.45) is 0.800. The Bertz CT molecular complexity index is 860. The van der Waals surface area contributed by atoms with Gasteiger partial charge in [0.15, 0.2) is 12.4 Å². The van der Waals surface area contributed by atoms with Gasteiger partial charge in [0.1, 0.15) is 5.75 Å². The zero-order valence-electron chi connectivity index (χ0n) is 15.4. The van der Waals surface area contributed by atoms with Gasteiger partial charge in [0, 0.05) is 6.42 Å². The minimum absolute atomic E-state index is 0.233. The molecule has 2 aromatic heterocycles. The third-order valence-electron chi connectivity index (χ3n) is 3.56. The van der Waals surface area contributed by atoms with Gasteiger partial charge in [0.2, 0.25) is 5.89 Å². The molecule has 0 bridgehead atoms. The van der Waals surface area contributed by atoms with Crippen LogP contribution in [0.15, 0.2) is 32.4 Å². The minimum Gasteiger partial charge on any atom is -0.484 e. The van der Waals surface area contributed by atoms with E-state index in [2.05, 4.69) is 34.2 Å². The fourth-order valence-electron chi connectivity index (χ4n) is 2.28. The van der Waals surface area contributed by atoms with Crippen LogP contribution < -0.4 is 4.74 Å². The molecule has 3 aromatic rings. The van der Waals surface area contributed by atoms with Crippen molar-refractivity contribution in [3.63, 3.8) is 0 Å². The Kier molecular flexibility index (Phi) is 5.92. The van der Waals surface area contributed by atoms with E-state index in [-0.39, 0.29) is 6.61 Å². The molecule has 0 fully saturated rings. The zero-order valence-corrected chi connectivity index (χ0v) is 16.2. The van der Waals surface area contributed by atoms with E-state index in [1.54, 1.807) is 0 Å². The van der Waals surface area contributed by atoms with Crippen molar-refractivity contribution >= 4 is 11.8 Å². The number of rotatable bonds is 8. The Hall–Kier alpha value is -2.35. The lowest BCUT2D eigenvalue weighted by atomic mass is 10.1. The van der Waals surface area contributed by atoms with Crippen molar-refractivity contribution in [2.24, 2.45) is 5.92 Å². The first kappa shape index (κ1) is 18.4. The molecule has 0 aliphatic carbocycles. The second kappa shape index (κ2) is 8.35. The van der Waals surface area contributed by atoms with Crippen LogP contribution in [-0.4, -0.2) is 20.3 Å². The van der Waals surface area contributed by atoms with E-state index in [1.165, 1.54) is 11.8 Å². The first-order valence-corrected chi connectivity index (χ1v) is 9.45. The average Bonchev–Trinajstić information content (AvgIpc) is 3.22. The van der Waals surface area contributed by atoms with Gasteiger partial charge in [-0.05, 0) is 37.0 Å². The van der Waals surface area contributed by atoms with Crippen LogP contribution in [-0.2, 0) is 18.8 Å². The molecular formula is C18H22N4O3S. The number of hydrogen-bond donors (Lipinski definition) is 0. The van der Waals surface area contributed by atoms with Crippen molar-refractivity contribution in [3.05, 3.63) is 46.9 Å². The summed E-state index contributed by atoms with van der Waals surface area (Å²) in [5, 5.41) is 12.4. The van der Waals surface area contributed by atoms with Crippen molar-refractivity contribution < 1.29 is 13.7 Å². The maximum absolute atomic E-state index is 5.77. The van der Waals surface area contributed by atoms with E-state index in [9.17, 15) is 0 Å². The summed E-state index contributed by atoms with van der Waals surface area (Å²) in [6.45, 7) is 8.49. The molecule has 0 aliphatic rings. The van der Waals surface area contributed by atoms with E-state index in [0.717, 1.165) is 29.1 Å². The summed E-state index contributed by atoms with van der Waals surface area (Å²) in [7, 11) is 0. The summed E-state index contributed by atoms with van der Waals surface area (Å²) in [5.41, 5.74) is 2.21. The summed E-state index contributed by atoms with van der Waals surface area (Å²) in [6, 6.07) is 6.07. The molecule has 0 aliphatic heterocycles. The smallest absolute Gasteiger partial charge is 0.277 e. The zero-order chi connectivity index (χ0) is 18.5. The molecule has 0 spiro atoms. The highest BCUT2D eigenvalue weighted by Gasteiger charge is 2.12. The molecule has 8 heteroatoms. The van der Waals surface area contributed by atoms with Gasteiger partial charge in [-0.1, -0.05) is 42.9 Å². The van der Waals surface area contributed by atoms with Gasteiger partial charge in [-0.3, -0.25) is 0 Å². The third kappa shape index (κ3) is 5.08. The van der Waals surface area contributed by atoms with Crippen LogP contribution >= 0.6 is 11.8 Å². The van der Waals surface area contributed by atoms with Crippen LogP contribution in [0.4, 0.5) is 0 Å². The maximum Gasteiger partial charge on any atom is 0.277 e. The van der Waals surface area contributed by atoms with Crippen LogP contribution in [0, 0.1) is 19.8 Å². The largest absolute Gasteiger partial charge is 0.484 e. The molecular weight excluding hydrogens is 352 g/mol. The van der Waals surface area contributed by atoms with Crippen LogP contribution in [0.25, 0.3) is 0 Å². The predicted octanol–water partition coefficient (Wildman–Crippen LogP) is 4.14. The Labute approximate surface area is 156 Å². The molecule has 7 nitrogen and oxygen atoms in total. The molecule has 0 saturated carbocycles. The number of benzene rings is 1. The molecule has 0 radical (unpaired) electrons. The van der Waals surface area contributed by atoms with Gasteiger partial charge in [0.05, 0.1) is 5.75 Å². The lowest BCUT2D eigenvalue weighted by molar-refractivity contribution is 0.250. The number of nitrogens with zero attached hydrogens (tertiary/aromatic N) is 4. The van der Waals surface area contributed by atoms with Crippen LogP contribution in [0.2, 0.25) is 0 Å². The average molecular weight is 374 g/mol. The first-order valence-electron chi connectivity index (χ1n) is 8.46. The second-order valence-electron chi connectivity index (χ2n) is 6.51. The van der Waals surface area contributed by atoms with Gasteiger partial charge < -0.3 is 13.7 Å². The Balaban J connectivity index is 1.51. The summed E-state index contributed by atoms with van der Waals surface area (Å²) >= 11 is 1.36. The second-order valence-corrected chi connectivity index (χ2v) is 7.44. The first-order chi connectivity index (χ1) is 12.5. The molecule has 138 valence electrons. The van der Waals surface area contributed by atoms with Gasteiger partial charge >= 0.3 is 0 Å². The standard InChI is InChI=1S/C18H22N4O3S/c1-11(2)7-15-19-17(25-22-15)10-26-18-21-20-16(24-18)9-23-14-8-12(3)5-6-13(14)4/h5-6,8,11H,7,9-10H2,1-4H3. The molecule has 0 atom stereocenters. The summed E-state index contributed by atoms with van der Waals surface area (Å²) in [5.74, 6) is 3.51. The van der Waals surface area contributed by atoms with Crippen molar-refractivity contribution in [1.82, 2.24) is 20.3 Å². The summed E-state index contributed by atoms with van der Waals surface area (Å²) < 4.78 is 16.6. The van der Waals surface area contributed by atoms with E-state index >= 15 is 0 Å². The lowest BCUT2D eigenvalue weighted by Gasteiger charge is -2.07. The monoisotopic (exact) mass is 374 g/mol. The Morgan fingerprint density at radius 1 is 1.15 bits per heavy atom. The van der Waals surface area contributed by atoms with E-state index < -0.39 is 0 Å². The van der Waals surface area contributed by atoms with Crippen LogP contribution in [0.1, 0.15) is 42.6 Å². The molecule has 0 unspecified atom stereocenters. The van der Waals surface area contributed by atoms with E-state index in [1.807, 2.05) is 32.0 Å². The molecule has 0 N–H and O–H groups in total. The molecule has 3 rings (SSSR count). The van der Waals surface area contributed by atoms with Crippen molar-refractivity contribution in [3.8, 4) is 5.75 Å². The SMILES string of the molecule is Cc1ccc(C)c(OCc2nnc(SCc3nc(CC(C)C)no3)o2)c1. The number of aromatic nitrogens is 4. The number of aryl methyl sites for hydroxylation is 2. The lowest BCUT2D eigenvalue weighted by Crippen LogP contribution is -1.97. The minimum atomic E-state index is 0.233. The van der Waals surface area contributed by atoms with Crippen molar-refractivity contribution in [2.45, 2.75) is 51.7 Å². The predicted molar refractivity (Wildman–Crippen MR) is 96.9 cm³/mol. The summed E-state index contributed by atoms with van der Waals surface area (Å²) in [4.78, 5) is 4.35.